The molecular weight excluding hydrogens is 322 g/mol. The Kier molecular flexibility index (Phi) is 3.75. The number of non-ortho nitro benzene ring substituents is 1. The van der Waals surface area contributed by atoms with Crippen molar-refractivity contribution >= 4 is 17.3 Å². The summed E-state index contributed by atoms with van der Waals surface area (Å²) in [5, 5.41) is 10.9. The van der Waals surface area contributed by atoms with Gasteiger partial charge in [-0.1, -0.05) is 12.1 Å². The Bertz CT molecular complexity index is 805. The van der Waals surface area contributed by atoms with Crippen LogP contribution in [0.15, 0.2) is 46.9 Å². The molecule has 4 rings (SSSR count). The highest BCUT2D eigenvalue weighted by atomic mass is 16.6. The zero-order valence-electron chi connectivity index (χ0n) is 13.6. The Hall–Kier alpha value is -2.76. The Morgan fingerprint density at radius 2 is 1.40 bits per heavy atom. The molecule has 2 aliphatic carbocycles. The first-order valence-electron chi connectivity index (χ1n) is 8.51. The fourth-order valence-corrected chi connectivity index (χ4v) is 3.94. The van der Waals surface area contributed by atoms with Crippen LogP contribution in [0.1, 0.15) is 50.0 Å². The molecule has 6 heteroatoms. The zero-order chi connectivity index (χ0) is 17.6. The summed E-state index contributed by atoms with van der Waals surface area (Å²) in [5.41, 5.74) is 1.85. The minimum Gasteiger partial charge on any atom is -0.465 e. The third kappa shape index (κ3) is 2.58. The second kappa shape index (κ2) is 5.95. The Labute approximate surface area is 144 Å². The van der Waals surface area contributed by atoms with Crippen LogP contribution in [0, 0.1) is 10.1 Å². The number of carbonyl (C=O) groups excluding carboxylic acids is 2. The summed E-state index contributed by atoms with van der Waals surface area (Å²) in [7, 11) is 0. The number of ketones is 2. The van der Waals surface area contributed by atoms with E-state index >= 15 is 0 Å². The maximum Gasteiger partial charge on any atom is 0.269 e. The molecule has 6 nitrogen and oxygen atoms in total. The van der Waals surface area contributed by atoms with Crippen molar-refractivity contribution in [3.8, 4) is 0 Å². The van der Waals surface area contributed by atoms with Crippen LogP contribution in [0.25, 0.3) is 0 Å². The third-order valence-electron chi connectivity index (χ3n) is 5.08. The first-order chi connectivity index (χ1) is 12.1. The molecule has 0 radical (unpaired) electrons. The Morgan fingerprint density at radius 3 is 1.88 bits per heavy atom. The predicted molar refractivity (Wildman–Crippen MR) is 88.7 cm³/mol. The maximum atomic E-state index is 12.6. The fraction of sp³-hybridized carbons (Fsp3) is 0.368. The van der Waals surface area contributed by atoms with Crippen LogP contribution in [-0.4, -0.2) is 16.5 Å². The van der Waals surface area contributed by atoms with Crippen molar-refractivity contribution in [1.29, 1.82) is 0 Å². The lowest BCUT2D eigenvalue weighted by Gasteiger charge is -2.35. The van der Waals surface area contributed by atoms with Crippen LogP contribution in [0.4, 0.5) is 5.69 Å². The summed E-state index contributed by atoms with van der Waals surface area (Å²) in [6, 6.07) is 6.14. The molecule has 0 N–H and O–H groups in total. The molecule has 0 bridgehead atoms. The number of nitro benzene ring substituents is 1. The summed E-state index contributed by atoms with van der Waals surface area (Å²) in [6.07, 6.45) is 3.78. The number of hydrogen-bond acceptors (Lipinski definition) is 5. The van der Waals surface area contributed by atoms with Crippen molar-refractivity contribution in [2.75, 3.05) is 0 Å². The molecule has 1 heterocycles. The van der Waals surface area contributed by atoms with Crippen LogP contribution < -0.4 is 0 Å². The van der Waals surface area contributed by atoms with Crippen LogP contribution >= 0.6 is 0 Å². The summed E-state index contributed by atoms with van der Waals surface area (Å²) in [6.45, 7) is 0. The normalized spacial score (nSPS) is 21.0. The average Bonchev–Trinajstić information content (AvgIpc) is 2.60. The average molecular weight is 339 g/mol. The van der Waals surface area contributed by atoms with E-state index in [1.807, 2.05) is 0 Å². The van der Waals surface area contributed by atoms with Crippen molar-refractivity contribution in [3.63, 3.8) is 0 Å². The minimum atomic E-state index is -0.458. The fourth-order valence-electron chi connectivity index (χ4n) is 3.94. The molecule has 0 fully saturated rings. The first kappa shape index (κ1) is 15.7. The number of nitrogens with zero attached hydrogens (tertiary/aromatic N) is 1. The van der Waals surface area contributed by atoms with E-state index < -0.39 is 10.8 Å². The summed E-state index contributed by atoms with van der Waals surface area (Å²) in [5.74, 6) is 0.908. The van der Waals surface area contributed by atoms with Crippen LogP contribution in [0.2, 0.25) is 0 Å². The Balaban J connectivity index is 1.86. The van der Waals surface area contributed by atoms with Gasteiger partial charge in [-0.2, -0.15) is 0 Å². The van der Waals surface area contributed by atoms with E-state index in [0.29, 0.717) is 48.3 Å². The molecule has 0 spiro atoms. The second-order valence-corrected chi connectivity index (χ2v) is 6.61. The third-order valence-corrected chi connectivity index (χ3v) is 5.08. The summed E-state index contributed by atoms with van der Waals surface area (Å²) >= 11 is 0. The maximum absolute atomic E-state index is 12.6. The van der Waals surface area contributed by atoms with Crippen LogP contribution in [-0.2, 0) is 14.3 Å². The topological polar surface area (TPSA) is 86.5 Å². The lowest BCUT2D eigenvalue weighted by molar-refractivity contribution is -0.384. The van der Waals surface area contributed by atoms with Gasteiger partial charge in [0.1, 0.15) is 11.5 Å². The number of rotatable bonds is 2. The number of benzene rings is 1. The molecule has 0 saturated carbocycles. The van der Waals surface area contributed by atoms with Gasteiger partial charge in [-0.3, -0.25) is 19.7 Å². The first-order valence-corrected chi connectivity index (χ1v) is 8.51. The number of carbonyl (C=O) groups is 2. The number of allylic oxidation sites excluding steroid dienone is 4. The molecule has 1 aromatic carbocycles. The lowest BCUT2D eigenvalue weighted by Crippen LogP contribution is -2.30. The molecular formula is C19H17NO5. The van der Waals surface area contributed by atoms with Gasteiger partial charge in [-0.05, 0) is 18.4 Å². The van der Waals surface area contributed by atoms with Crippen LogP contribution in [0.3, 0.4) is 0 Å². The summed E-state index contributed by atoms with van der Waals surface area (Å²) < 4.78 is 5.96. The zero-order valence-corrected chi connectivity index (χ0v) is 13.6. The monoisotopic (exact) mass is 339 g/mol. The molecule has 0 atom stereocenters. The van der Waals surface area contributed by atoms with Crippen LogP contribution in [0.5, 0.6) is 0 Å². The quantitative estimate of drug-likeness (QED) is 0.605. The van der Waals surface area contributed by atoms with Gasteiger partial charge in [0.25, 0.3) is 5.69 Å². The lowest BCUT2D eigenvalue weighted by atomic mass is 9.73. The number of Topliss-reactive ketones (excluding diaryl/α,β-unsaturated/α-hetero) is 2. The molecule has 128 valence electrons. The second-order valence-electron chi connectivity index (χ2n) is 6.61. The van der Waals surface area contributed by atoms with Crippen molar-refractivity contribution in [1.82, 2.24) is 0 Å². The van der Waals surface area contributed by atoms with Crippen molar-refractivity contribution < 1.29 is 19.2 Å². The number of ether oxygens (including phenoxy) is 1. The number of nitro groups is 1. The highest BCUT2D eigenvalue weighted by Gasteiger charge is 2.41. The van der Waals surface area contributed by atoms with Crippen molar-refractivity contribution in [3.05, 3.63) is 62.6 Å². The number of hydrogen-bond donors (Lipinski definition) is 0. The molecule has 1 aromatic rings. The van der Waals surface area contributed by atoms with Crippen molar-refractivity contribution in [2.24, 2.45) is 0 Å². The molecule has 3 aliphatic rings. The van der Waals surface area contributed by atoms with E-state index in [4.69, 9.17) is 4.74 Å². The van der Waals surface area contributed by atoms with Gasteiger partial charge < -0.3 is 4.74 Å². The molecule has 0 amide bonds. The molecule has 0 saturated heterocycles. The van der Waals surface area contributed by atoms with Crippen molar-refractivity contribution in [2.45, 2.75) is 44.4 Å². The van der Waals surface area contributed by atoms with E-state index in [0.717, 1.165) is 18.4 Å². The van der Waals surface area contributed by atoms with E-state index in [1.165, 1.54) is 12.1 Å². The molecule has 25 heavy (non-hydrogen) atoms. The van der Waals surface area contributed by atoms with Gasteiger partial charge in [0.05, 0.1) is 4.92 Å². The van der Waals surface area contributed by atoms with Gasteiger partial charge in [-0.25, -0.2) is 0 Å². The van der Waals surface area contributed by atoms with Gasteiger partial charge >= 0.3 is 0 Å². The van der Waals surface area contributed by atoms with Gasteiger partial charge in [0.2, 0.25) is 0 Å². The summed E-state index contributed by atoms with van der Waals surface area (Å²) in [4.78, 5) is 35.6. The predicted octanol–water partition coefficient (Wildman–Crippen LogP) is 3.72. The van der Waals surface area contributed by atoms with Gasteiger partial charge in [-0.15, -0.1) is 0 Å². The van der Waals surface area contributed by atoms with E-state index in [-0.39, 0.29) is 17.3 Å². The molecule has 1 aliphatic heterocycles. The molecule has 0 unspecified atom stereocenters. The van der Waals surface area contributed by atoms with E-state index in [2.05, 4.69) is 0 Å². The largest absolute Gasteiger partial charge is 0.465 e. The van der Waals surface area contributed by atoms with Gasteiger partial charge in [0.15, 0.2) is 11.6 Å². The van der Waals surface area contributed by atoms with E-state index in [9.17, 15) is 19.7 Å². The SMILES string of the molecule is O=C1CCCC2=C1C(c1ccc([N+](=O)[O-])cc1)C1=C(CCCC1=O)O2. The Morgan fingerprint density at radius 1 is 0.880 bits per heavy atom. The highest BCUT2D eigenvalue weighted by Crippen LogP contribution is 2.47. The van der Waals surface area contributed by atoms with E-state index in [1.54, 1.807) is 12.1 Å². The smallest absolute Gasteiger partial charge is 0.269 e. The minimum absolute atomic E-state index is 0.00882. The molecule has 0 aromatic heterocycles. The standard InChI is InChI=1S/C19H17NO5/c21-13-3-1-5-15-18(13)17(11-7-9-12(10-8-11)20(23)24)19-14(22)4-2-6-16(19)25-15/h7-10,17H,1-6H2. The highest BCUT2D eigenvalue weighted by molar-refractivity contribution is 6.05. The van der Waals surface area contributed by atoms with Gasteiger partial charge in [0, 0.05) is 54.9 Å².